The molecular weight excluding hydrogens is 236 g/mol. The quantitative estimate of drug-likeness (QED) is 0.448. The summed E-state index contributed by atoms with van der Waals surface area (Å²) in [5, 5.41) is 0. The zero-order valence-corrected chi connectivity index (χ0v) is 12.5. The van der Waals surface area contributed by atoms with Gasteiger partial charge in [-0.1, -0.05) is 13.3 Å². The predicted octanol–water partition coefficient (Wildman–Crippen LogP) is 2.60. The number of hydrogen-bond donors (Lipinski definition) is 0. The summed E-state index contributed by atoms with van der Waals surface area (Å²) in [5.41, 5.74) is 0. The predicted molar refractivity (Wildman–Crippen MR) is 69.0 cm³/mol. The van der Waals surface area contributed by atoms with Crippen LogP contribution in [0.5, 0.6) is 0 Å². The van der Waals surface area contributed by atoms with Gasteiger partial charge in [0.2, 0.25) is 0 Å². The van der Waals surface area contributed by atoms with E-state index in [4.69, 9.17) is 18.0 Å². The van der Waals surface area contributed by atoms with Gasteiger partial charge in [-0.2, -0.15) is 0 Å². The highest BCUT2D eigenvalue weighted by molar-refractivity contribution is 6.61. The molecule has 4 nitrogen and oxygen atoms in total. The van der Waals surface area contributed by atoms with Crippen molar-refractivity contribution in [1.82, 2.24) is 0 Å². The average molecular weight is 262 g/mol. The van der Waals surface area contributed by atoms with Crippen molar-refractivity contribution < 1.29 is 18.0 Å². The van der Waals surface area contributed by atoms with Gasteiger partial charge in [-0.15, -0.1) is 0 Å². The van der Waals surface area contributed by atoms with E-state index in [9.17, 15) is 0 Å². The van der Waals surface area contributed by atoms with E-state index in [0.717, 1.165) is 18.9 Å². The van der Waals surface area contributed by atoms with E-state index in [1.165, 1.54) is 0 Å². The maximum absolute atomic E-state index is 5.80. The van der Waals surface area contributed by atoms with Crippen molar-refractivity contribution in [3.63, 3.8) is 0 Å². The molecule has 0 spiro atoms. The fourth-order valence-corrected chi connectivity index (χ4v) is 4.88. The maximum atomic E-state index is 5.80. The lowest BCUT2D eigenvalue weighted by Crippen LogP contribution is -2.47. The van der Waals surface area contributed by atoms with Crippen molar-refractivity contribution in [2.24, 2.45) is 0 Å². The molecule has 1 aliphatic rings. The van der Waals surface area contributed by atoms with Gasteiger partial charge in [0, 0.05) is 25.9 Å². The lowest BCUT2D eigenvalue weighted by Gasteiger charge is -2.27. The van der Waals surface area contributed by atoms with Crippen LogP contribution >= 0.6 is 0 Å². The molecule has 0 radical (unpaired) electrons. The smallest absolute Gasteiger partial charge is 0.374 e. The van der Waals surface area contributed by atoms with Gasteiger partial charge < -0.3 is 18.0 Å². The number of epoxide rings is 1. The molecule has 17 heavy (non-hydrogen) atoms. The normalized spacial score (nSPS) is 24.0. The first kappa shape index (κ1) is 15.1. The molecule has 0 N–H and O–H groups in total. The summed E-state index contributed by atoms with van der Waals surface area (Å²) < 4.78 is 23.1. The Balaban J connectivity index is 2.49. The molecule has 102 valence electrons. The Morgan fingerprint density at radius 3 is 1.82 bits per heavy atom. The number of ether oxygens (including phenoxy) is 1. The van der Waals surface area contributed by atoms with Crippen LogP contribution in [-0.2, 0) is 18.0 Å². The molecule has 0 aliphatic carbocycles. The largest absolute Gasteiger partial charge is 0.503 e. The first-order chi connectivity index (χ1) is 8.21. The van der Waals surface area contributed by atoms with Crippen molar-refractivity contribution in [3.8, 4) is 0 Å². The van der Waals surface area contributed by atoms with Gasteiger partial charge in [-0.3, -0.25) is 0 Å². The van der Waals surface area contributed by atoms with Crippen LogP contribution in [0.4, 0.5) is 0 Å². The summed E-state index contributed by atoms with van der Waals surface area (Å²) in [4.78, 5) is 0. The average Bonchev–Trinajstić information content (AvgIpc) is 2.98. The van der Waals surface area contributed by atoms with Crippen molar-refractivity contribution >= 4 is 8.80 Å². The fraction of sp³-hybridized carbons (Fsp3) is 1.00. The van der Waals surface area contributed by atoms with E-state index >= 15 is 0 Å². The molecule has 0 aromatic heterocycles. The second kappa shape index (κ2) is 7.48. The van der Waals surface area contributed by atoms with Gasteiger partial charge in [-0.05, 0) is 27.2 Å². The Kier molecular flexibility index (Phi) is 6.65. The summed E-state index contributed by atoms with van der Waals surface area (Å²) >= 11 is 0. The molecule has 0 aromatic carbocycles. The number of rotatable bonds is 10. The van der Waals surface area contributed by atoms with Crippen LogP contribution < -0.4 is 0 Å². The van der Waals surface area contributed by atoms with Crippen molar-refractivity contribution in [1.29, 1.82) is 0 Å². The monoisotopic (exact) mass is 262 g/mol. The van der Waals surface area contributed by atoms with Gasteiger partial charge in [-0.25, -0.2) is 0 Å². The Labute approximate surface area is 106 Å². The summed E-state index contributed by atoms with van der Waals surface area (Å²) in [5.74, 6) is 0. The van der Waals surface area contributed by atoms with Gasteiger partial charge in [0.1, 0.15) is 0 Å². The second-order valence-electron chi connectivity index (χ2n) is 4.19. The van der Waals surface area contributed by atoms with Gasteiger partial charge in [0.15, 0.2) is 0 Å². The van der Waals surface area contributed by atoms with E-state index in [1.807, 2.05) is 20.8 Å². The van der Waals surface area contributed by atoms with Crippen LogP contribution in [0.2, 0.25) is 6.04 Å². The van der Waals surface area contributed by atoms with E-state index < -0.39 is 8.80 Å². The first-order valence-electron chi connectivity index (χ1n) is 6.78. The molecule has 0 amide bonds. The lowest BCUT2D eigenvalue weighted by molar-refractivity contribution is 0.0693. The molecule has 1 fully saturated rings. The van der Waals surface area contributed by atoms with Crippen molar-refractivity contribution in [2.45, 2.75) is 58.8 Å². The Morgan fingerprint density at radius 1 is 0.882 bits per heavy atom. The van der Waals surface area contributed by atoms with Crippen LogP contribution in [0, 0.1) is 0 Å². The van der Waals surface area contributed by atoms with Crippen LogP contribution in [0.1, 0.15) is 40.5 Å². The van der Waals surface area contributed by atoms with Gasteiger partial charge in [0.05, 0.1) is 12.2 Å². The molecule has 1 rings (SSSR count). The Hall–Kier alpha value is 0.0569. The molecular formula is C12H26O4Si. The molecule has 2 unspecified atom stereocenters. The highest BCUT2D eigenvalue weighted by atomic mass is 28.4. The topological polar surface area (TPSA) is 40.2 Å². The second-order valence-corrected chi connectivity index (χ2v) is 6.83. The first-order valence-corrected chi connectivity index (χ1v) is 8.71. The maximum Gasteiger partial charge on any atom is 0.503 e. The molecule has 2 atom stereocenters. The molecule has 1 aliphatic heterocycles. The SMILES string of the molecule is CCCC1OC1C[Si](OCC)(OCC)OCC. The standard InChI is InChI=1S/C12H26O4Si/c1-5-9-11-12(16-11)10-17(13-6-2,14-7-3)15-8-4/h11-12H,5-10H2,1-4H3. The zero-order valence-electron chi connectivity index (χ0n) is 11.5. The summed E-state index contributed by atoms with van der Waals surface area (Å²) in [6.07, 6.45) is 2.96. The van der Waals surface area contributed by atoms with Crippen LogP contribution in [0.3, 0.4) is 0 Å². The van der Waals surface area contributed by atoms with Crippen LogP contribution in [-0.4, -0.2) is 40.8 Å². The third-order valence-electron chi connectivity index (χ3n) is 2.80. The van der Waals surface area contributed by atoms with Crippen LogP contribution in [0.25, 0.3) is 0 Å². The molecule has 0 bridgehead atoms. The van der Waals surface area contributed by atoms with Gasteiger partial charge >= 0.3 is 8.80 Å². The fourth-order valence-electron chi connectivity index (χ4n) is 2.11. The molecule has 1 heterocycles. The minimum atomic E-state index is -2.49. The van der Waals surface area contributed by atoms with E-state index in [2.05, 4.69) is 6.92 Å². The molecule has 1 saturated heterocycles. The van der Waals surface area contributed by atoms with E-state index in [-0.39, 0.29) is 6.10 Å². The van der Waals surface area contributed by atoms with E-state index in [0.29, 0.717) is 25.9 Å². The van der Waals surface area contributed by atoms with E-state index in [1.54, 1.807) is 0 Å². The minimum Gasteiger partial charge on any atom is -0.374 e. The number of hydrogen-bond acceptors (Lipinski definition) is 4. The molecule has 0 saturated carbocycles. The third-order valence-corrected chi connectivity index (χ3v) is 5.89. The molecule has 5 heteroatoms. The lowest BCUT2D eigenvalue weighted by atomic mass is 10.2. The third kappa shape index (κ3) is 4.67. The highest BCUT2D eigenvalue weighted by Gasteiger charge is 2.51. The molecule has 0 aromatic rings. The Bertz CT molecular complexity index is 196. The van der Waals surface area contributed by atoms with Crippen molar-refractivity contribution in [2.75, 3.05) is 19.8 Å². The minimum absolute atomic E-state index is 0.284. The van der Waals surface area contributed by atoms with Crippen LogP contribution in [0.15, 0.2) is 0 Å². The summed E-state index contributed by atoms with van der Waals surface area (Å²) in [6.45, 7) is 10.0. The highest BCUT2D eigenvalue weighted by Crippen LogP contribution is 2.34. The van der Waals surface area contributed by atoms with Gasteiger partial charge in [0.25, 0.3) is 0 Å². The van der Waals surface area contributed by atoms with Crippen molar-refractivity contribution in [3.05, 3.63) is 0 Å². The summed E-state index contributed by atoms with van der Waals surface area (Å²) in [6, 6.07) is 0.799. The summed E-state index contributed by atoms with van der Waals surface area (Å²) in [7, 11) is -2.49. The Morgan fingerprint density at radius 2 is 1.41 bits per heavy atom. The zero-order chi connectivity index (χ0) is 12.7.